The van der Waals surface area contributed by atoms with Crippen LogP contribution < -0.4 is 9.47 Å². The second-order valence-corrected chi connectivity index (χ2v) is 9.59. The first-order chi connectivity index (χ1) is 20.1. The van der Waals surface area contributed by atoms with Gasteiger partial charge in [0.15, 0.2) is 0 Å². The highest BCUT2D eigenvalue weighted by Gasteiger charge is 2.39. The van der Waals surface area contributed by atoms with Crippen LogP contribution in [0.2, 0.25) is 0 Å². The summed E-state index contributed by atoms with van der Waals surface area (Å²) in [5.74, 6) is -1.38. The number of carboxylic acids is 2. The van der Waals surface area contributed by atoms with Gasteiger partial charge in [-0.15, -0.1) is 0 Å². The molecule has 2 aliphatic rings. The second-order valence-electron chi connectivity index (χ2n) is 9.59. The summed E-state index contributed by atoms with van der Waals surface area (Å²) >= 11 is 0. The van der Waals surface area contributed by atoms with Gasteiger partial charge in [-0.1, -0.05) is 6.07 Å². The lowest BCUT2D eigenvalue weighted by Crippen LogP contribution is -2.28. The fraction of sp³-hybridized carbons (Fsp3) is 0.407. The molecule has 3 aromatic rings. The van der Waals surface area contributed by atoms with Crippen LogP contribution in [-0.4, -0.2) is 81.2 Å². The quantitative estimate of drug-likeness (QED) is 0.397. The number of methoxy groups -OCH3 is 2. The van der Waals surface area contributed by atoms with E-state index in [1.165, 1.54) is 17.1 Å². The number of aliphatic carboxylic acids is 2. The average Bonchev–Trinajstić information content (AvgIpc) is 3.54. The Labute approximate surface area is 241 Å². The van der Waals surface area contributed by atoms with Crippen molar-refractivity contribution >= 4 is 11.9 Å². The predicted molar refractivity (Wildman–Crippen MR) is 138 cm³/mol. The van der Waals surface area contributed by atoms with Crippen molar-refractivity contribution in [3.8, 4) is 22.9 Å². The first kappa shape index (κ1) is 33.2. The normalized spacial score (nSPS) is 17.8. The van der Waals surface area contributed by atoms with E-state index in [1.807, 2.05) is 24.4 Å². The molecule has 2 unspecified atom stereocenters. The van der Waals surface area contributed by atoms with Crippen LogP contribution in [0.25, 0.3) is 11.3 Å². The van der Waals surface area contributed by atoms with Crippen molar-refractivity contribution in [2.75, 3.05) is 27.3 Å². The average molecular weight is 619 g/mol. The number of carbonyl (C=O) groups is 2. The molecule has 1 saturated heterocycles. The number of aromatic nitrogens is 3. The van der Waals surface area contributed by atoms with E-state index in [9.17, 15) is 26.3 Å². The number of pyridine rings is 1. The molecular weight excluding hydrogens is 590 g/mol. The summed E-state index contributed by atoms with van der Waals surface area (Å²) in [4.78, 5) is 29.4. The molecule has 1 fully saturated rings. The number of hydrogen-bond acceptors (Lipinski definition) is 7. The van der Waals surface area contributed by atoms with E-state index in [2.05, 4.69) is 32.7 Å². The van der Waals surface area contributed by atoms with Crippen LogP contribution >= 0.6 is 0 Å². The second kappa shape index (κ2) is 13.8. The molecule has 0 saturated carbocycles. The molecule has 2 aromatic heterocycles. The zero-order valence-corrected chi connectivity index (χ0v) is 22.9. The highest BCUT2D eigenvalue weighted by atomic mass is 19.4. The van der Waals surface area contributed by atoms with Crippen LogP contribution in [0.1, 0.15) is 11.4 Å². The lowest BCUT2D eigenvalue weighted by Gasteiger charge is -2.27. The summed E-state index contributed by atoms with van der Waals surface area (Å²) in [6, 6.07) is 12.4. The smallest absolute Gasteiger partial charge is 0.490 e. The predicted octanol–water partition coefficient (Wildman–Crippen LogP) is 4.53. The molecule has 234 valence electrons. The Morgan fingerprint density at radius 2 is 1.47 bits per heavy atom. The first-order valence-electron chi connectivity index (χ1n) is 12.6. The molecular formula is C27H28F6N4O6. The molecule has 10 nitrogen and oxygen atoms in total. The Morgan fingerprint density at radius 3 is 2.00 bits per heavy atom. The molecule has 16 heteroatoms. The van der Waals surface area contributed by atoms with E-state index < -0.39 is 24.3 Å². The number of hydrogen-bond donors (Lipinski definition) is 2. The van der Waals surface area contributed by atoms with Crippen molar-refractivity contribution in [2.45, 2.75) is 31.9 Å². The van der Waals surface area contributed by atoms with Gasteiger partial charge in [-0.2, -0.15) is 26.3 Å². The third-order valence-electron chi connectivity index (χ3n) is 6.76. The van der Waals surface area contributed by atoms with Gasteiger partial charge in [-0.3, -0.25) is 4.90 Å². The standard InChI is InChI=1S/C23H26N4O2.2C2HF3O2/c1-28-20-7-5-16(6-8-20)21-11-25-22-10-18-13-26(14-19(18)15-27(21)22)12-17-4-3-9-24-23(17)29-2;2*3-2(4,5)1(6)7/h3-9,11,18-19H,10,12-15H2,1-2H3;2*(H,6,7). The molecule has 0 amide bonds. The molecule has 2 atom stereocenters. The third kappa shape index (κ3) is 8.83. The fourth-order valence-corrected chi connectivity index (χ4v) is 4.81. The number of nitrogens with zero attached hydrogens (tertiary/aromatic N) is 4. The largest absolute Gasteiger partial charge is 0.497 e. The number of halogens is 6. The topological polar surface area (TPSA) is 127 Å². The van der Waals surface area contributed by atoms with Crippen LogP contribution in [0.5, 0.6) is 11.6 Å². The van der Waals surface area contributed by atoms with Gasteiger partial charge in [0.05, 0.1) is 26.1 Å². The Morgan fingerprint density at radius 1 is 0.884 bits per heavy atom. The number of benzene rings is 1. The number of imidazole rings is 1. The van der Waals surface area contributed by atoms with E-state index in [0.717, 1.165) is 49.8 Å². The molecule has 0 radical (unpaired) electrons. The highest BCUT2D eigenvalue weighted by molar-refractivity contribution is 5.73. The van der Waals surface area contributed by atoms with Gasteiger partial charge in [-0.25, -0.2) is 19.6 Å². The van der Waals surface area contributed by atoms with Crippen molar-refractivity contribution in [3.05, 3.63) is 60.2 Å². The summed E-state index contributed by atoms with van der Waals surface area (Å²) < 4.78 is 76.6. The Balaban J connectivity index is 0.000000303. The number of fused-ring (bicyclic) bond motifs is 2. The van der Waals surface area contributed by atoms with Crippen LogP contribution in [0.4, 0.5) is 26.3 Å². The van der Waals surface area contributed by atoms with E-state index >= 15 is 0 Å². The van der Waals surface area contributed by atoms with Crippen molar-refractivity contribution < 1.29 is 55.6 Å². The van der Waals surface area contributed by atoms with E-state index in [4.69, 9.17) is 34.3 Å². The summed E-state index contributed by atoms with van der Waals surface area (Å²) in [5, 5.41) is 14.2. The van der Waals surface area contributed by atoms with Gasteiger partial charge in [0.1, 0.15) is 11.6 Å². The minimum atomic E-state index is -5.08. The summed E-state index contributed by atoms with van der Waals surface area (Å²) in [6.45, 7) is 4.12. The summed E-state index contributed by atoms with van der Waals surface area (Å²) in [7, 11) is 3.39. The molecule has 0 aliphatic carbocycles. The SMILES string of the molecule is COc1ccc(-c2cnc3n2CC2CN(Cc4cccnc4OC)CC2C3)cc1.O=C(O)C(F)(F)F.O=C(O)C(F)(F)F. The highest BCUT2D eigenvalue weighted by Crippen LogP contribution is 2.36. The molecule has 1 aromatic carbocycles. The van der Waals surface area contributed by atoms with Crippen LogP contribution in [0.15, 0.2) is 48.8 Å². The maximum Gasteiger partial charge on any atom is 0.490 e. The van der Waals surface area contributed by atoms with Gasteiger partial charge < -0.3 is 24.3 Å². The van der Waals surface area contributed by atoms with Gasteiger partial charge in [0, 0.05) is 49.9 Å². The van der Waals surface area contributed by atoms with Gasteiger partial charge in [0.25, 0.3) is 0 Å². The van der Waals surface area contributed by atoms with Crippen molar-refractivity contribution in [1.29, 1.82) is 0 Å². The number of rotatable bonds is 5. The lowest BCUT2D eigenvalue weighted by atomic mass is 9.89. The van der Waals surface area contributed by atoms with Gasteiger partial charge in [0.2, 0.25) is 5.88 Å². The Kier molecular flexibility index (Phi) is 10.6. The van der Waals surface area contributed by atoms with E-state index in [1.54, 1.807) is 20.4 Å². The first-order valence-corrected chi connectivity index (χ1v) is 12.6. The fourth-order valence-electron chi connectivity index (χ4n) is 4.81. The van der Waals surface area contributed by atoms with E-state index in [0.29, 0.717) is 11.8 Å². The monoisotopic (exact) mass is 618 g/mol. The van der Waals surface area contributed by atoms with Crippen molar-refractivity contribution in [2.24, 2.45) is 11.8 Å². The van der Waals surface area contributed by atoms with Crippen molar-refractivity contribution in [3.63, 3.8) is 0 Å². The lowest BCUT2D eigenvalue weighted by molar-refractivity contribution is -0.193. The summed E-state index contributed by atoms with van der Waals surface area (Å²) in [6.07, 6.45) is -5.32. The van der Waals surface area contributed by atoms with Gasteiger partial charge >= 0.3 is 24.3 Å². The van der Waals surface area contributed by atoms with E-state index in [-0.39, 0.29) is 0 Å². The third-order valence-corrected chi connectivity index (χ3v) is 6.76. The van der Waals surface area contributed by atoms with Crippen LogP contribution in [0, 0.1) is 11.8 Å². The molecule has 0 spiro atoms. The maximum atomic E-state index is 10.6. The van der Waals surface area contributed by atoms with Gasteiger partial charge in [-0.05, 0) is 42.2 Å². The number of ether oxygens (including phenoxy) is 2. The number of carboxylic acid groups (broad SMARTS) is 2. The minimum absolute atomic E-state index is 0.649. The molecule has 43 heavy (non-hydrogen) atoms. The molecule has 4 heterocycles. The van der Waals surface area contributed by atoms with Crippen LogP contribution in [0.3, 0.4) is 0 Å². The summed E-state index contributed by atoms with van der Waals surface area (Å²) in [5.41, 5.74) is 3.55. The zero-order chi connectivity index (χ0) is 31.9. The molecule has 2 N–H and O–H groups in total. The minimum Gasteiger partial charge on any atom is -0.497 e. The molecule has 5 rings (SSSR count). The van der Waals surface area contributed by atoms with Crippen molar-refractivity contribution in [1.82, 2.24) is 19.4 Å². The zero-order valence-electron chi connectivity index (χ0n) is 22.9. The molecule has 2 aliphatic heterocycles. The number of alkyl halides is 6. The van der Waals surface area contributed by atoms with Crippen LogP contribution in [-0.2, 0) is 29.1 Å². The Bertz CT molecular complexity index is 1370. The maximum absolute atomic E-state index is 10.6. The number of likely N-dealkylation sites (tertiary alicyclic amines) is 1. The Hall–Kier alpha value is -4.34. The molecule has 0 bridgehead atoms.